The van der Waals surface area contributed by atoms with E-state index < -0.39 is 0 Å². The number of hydrogen-bond donors (Lipinski definition) is 1. The molecule has 1 aromatic carbocycles. The minimum atomic E-state index is -0.124. The molecule has 0 aliphatic carbocycles. The predicted octanol–water partition coefficient (Wildman–Crippen LogP) is 3.04. The maximum atomic E-state index is 13.3. The molecule has 4 heteroatoms. The van der Waals surface area contributed by atoms with Crippen molar-refractivity contribution >= 4 is 28.3 Å². The molecule has 1 N–H and O–H groups in total. The smallest absolute Gasteiger partial charge is 0.129 e. The van der Waals surface area contributed by atoms with Crippen LogP contribution in [0.2, 0.25) is 0 Å². The lowest BCUT2D eigenvalue weighted by Crippen LogP contribution is -2.35. The first-order valence-electron chi connectivity index (χ1n) is 3.96. The van der Waals surface area contributed by atoms with Crippen molar-refractivity contribution in [3.05, 3.63) is 34.1 Å². The normalized spacial score (nSPS) is 20.3. The Morgan fingerprint density at radius 3 is 2.62 bits per heavy atom. The van der Waals surface area contributed by atoms with E-state index in [1.54, 1.807) is 0 Å². The number of benzene rings is 1. The molecule has 2 rings (SSSR count). The van der Waals surface area contributed by atoms with Gasteiger partial charge in [-0.15, -0.1) is 12.4 Å². The van der Waals surface area contributed by atoms with Crippen LogP contribution in [0.25, 0.3) is 0 Å². The molecule has 1 aromatic rings. The van der Waals surface area contributed by atoms with Gasteiger partial charge in [-0.1, -0.05) is 22.0 Å². The lowest BCUT2D eigenvalue weighted by Gasteiger charge is -2.28. The van der Waals surface area contributed by atoms with Gasteiger partial charge in [0.2, 0.25) is 0 Å². The van der Waals surface area contributed by atoms with Crippen LogP contribution < -0.4 is 5.32 Å². The topological polar surface area (TPSA) is 12.0 Å². The maximum Gasteiger partial charge on any atom is 0.129 e. The van der Waals surface area contributed by atoms with E-state index in [0.29, 0.717) is 0 Å². The molecule has 1 aliphatic heterocycles. The molecule has 1 fully saturated rings. The molecular formula is C9H10BrClFN. The number of nitrogens with one attached hydrogen (secondary N) is 1. The van der Waals surface area contributed by atoms with Crippen LogP contribution in [0.15, 0.2) is 22.7 Å². The van der Waals surface area contributed by atoms with Crippen molar-refractivity contribution in [2.45, 2.75) is 12.5 Å². The van der Waals surface area contributed by atoms with Crippen LogP contribution in [0, 0.1) is 5.82 Å². The summed E-state index contributed by atoms with van der Waals surface area (Å²) < 4.78 is 14.0. The van der Waals surface area contributed by atoms with Gasteiger partial charge in [0.15, 0.2) is 0 Å². The summed E-state index contributed by atoms with van der Waals surface area (Å²) in [6.45, 7) is 1.00. The molecule has 1 unspecified atom stereocenters. The van der Waals surface area contributed by atoms with Gasteiger partial charge in [0.1, 0.15) is 5.82 Å². The first kappa shape index (κ1) is 11.0. The van der Waals surface area contributed by atoms with Gasteiger partial charge >= 0.3 is 0 Å². The van der Waals surface area contributed by atoms with Crippen molar-refractivity contribution in [1.82, 2.24) is 5.32 Å². The molecule has 72 valence electrons. The van der Waals surface area contributed by atoms with E-state index in [1.165, 1.54) is 6.07 Å². The first-order valence-corrected chi connectivity index (χ1v) is 4.75. The van der Waals surface area contributed by atoms with Crippen LogP contribution in [-0.2, 0) is 0 Å². The lowest BCUT2D eigenvalue weighted by molar-refractivity contribution is 0.370. The van der Waals surface area contributed by atoms with Gasteiger partial charge < -0.3 is 5.32 Å². The largest absolute Gasteiger partial charge is 0.310 e. The minimum absolute atomic E-state index is 0. The van der Waals surface area contributed by atoms with Crippen molar-refractivity contribution in [3.8, 4) is 0 Å². The Bertz CT molecular complexity index is 302. The molecule has 1 atom stereocenters. The summed E-state index contributed by atoms with van der Waals surface area (Å²) in [5.74, 6) is -0.124. The average Bonchev–Trinajstić information content (AvgIpc) is 1.91. The third-order valence-electron chi connectivity index (χ3n) is 2.16. The Labute approximate surface area is 91.3 Å². The van der Waals surface area contributed by atoms with Gasteiger partial charge in [0.25, 0.3) is 0 Å². The zero-order valence-electron chi connectivity index (χ0n) is 6.89. The molecule has 0 amide bonds. The third-order valence-corrected chi connectivity index (χ3v) is 2.65. The second-order valence-corrected chi connectivity index (χ2v) is 3.88. The molecule has 1 aliphatic rings. The lowest BCUT2D eigenvalue weighted by atomic mass is 9.98. The summed E-state index contributed by atoms with van der Waals surface area (Å²) in [5.41, 5.74) is 0.782. The minimum Gasteiger partial charge on any atom is -0.310 e. The number of rotatable bonds is 1. The summed E-state index contributed by atoms with van der Waals surface area (Å²) in [5, 5.41) is 3.17. The fourth-order valence-electron chi connectivity index (χ4n) is 1.34. The zero-order valence-corrected chi connectivity index (χ0v) is 9.29. The number of hydrogen-bond acceptors (Lipinski definition) is 1. The summed E-state index contributed by atoms with van der Waals surface area (Å²) in [4.78, 5) is 0. The molecule has 0 spiro atoms. The summed E-state index contributed by atoms with van der Waals surface area (Å²) >= 11 is 3.22. The second kappa shape index (κ2) is 4.40. The second-order valence-electron chi connectivity index (χ2n) is 2.96. The summed E-state index contributed by atoms with van der Waals surface area (Å²) in [6.07, 6.45) is 1.04. The van der Waals surface area contributed by atoms with Crippen LogP contribution in [0.3, 0.4) is 0 Å². The van der Waals surface area contributed by atoms with E-state index in [0.717, 1.165) is 23.0 Å². The predicted molar refractivity (Wildman–Crippen MR) is 56.7 cm³/mol. The first-order chi connectivity index (χ1) is 5.77. The standard InChI is InChI=1S/C9H9BrFN.ClH/c10-6-1-2-7(8(11)5-6)9-3-4-12-9;/h1-2,5,9,12H,3-4H2;1H. The summed E-state index contributed by atoms with van der Waals surface area (Å²) in [7, 11) is 0. The van der Waals surface area contributed by atoms with Crippen LogP contribution in [0.5, 0.6) is 0 Å². The van der Waals surface area contributed by atoms with Crippen molar-refractivity contribution < 1.29 is 4.39 Å². The molecule has 0 aromatic heterocycles. The van der Waals surface area contributed by atoms with Crippen LogP contribution in [0.4, 0.5) is 4.39 Å². The fraction of sp³-hybridized carbons (Fsp3) is 0.333. The Morgan fingerprint density at radius 1 is 1.46 bits per heavy atom. The molecule has 1 heterocycles. The molecule has 0 bridgehead atoms. The highest BCUT2D eigenvalue weighted by molar-refractivity contribution is 9.10. The van der Waals surface area contributed by atoms with E-state index in [1.807, 2.05) is 12.1 Å². The Kier molecular flexibility index (Phi) is 3.71. The van der Waals surface area contributed by atoms with Gasteiger partial charge in [-0.2, -0.15) is 0 Å². The summed E-state index contributed by atoms with van der Waals surface area (Å²) in [6, 6.07) is 5.45. The van der Waals surface area contributed by atoms with E-state index in [4.69, 9.17) is 0 Å². The quantitative estimate of drug-likeness (QED) is 0.824. The molecule has 1 nitrogen and oxygen atoms in total. The van der Waals surface area contributed by atoms with Crippen molar-refractivity contribution in [3.63, 3.8) is 0 Å². The zero-order chi connectivity index (χ0) is 8.55. The van der Waals surface area contributed by atoms with Gasteiger partial charge in [0.05, 0.1) is 0 Å². The molecular weight excluding hydrogens is 256 g/mol. The van der Waals surface area contributed by atoms with Crippen LogP contribution in [-0.4, -0.2) is 6.54 Å². The Balaban J connectivity index is 0.000000845. The highest BCUT2D eigenvalue weighted by Gasteiger charge is 2.21. The Morgan fingerprint density at radius 2 is 2.15 bits per heavy atom. The van der Waals surface area contributed by atoms with Gasteiger partial charge in [-0.05, 0) is 25.1 Å². The van der Waals surface area contributed by atoms with E-state index >= 15 is 0 Å². The molecule has 1 saturated heterocycles. The highest BCUT2D eigenvalue weighted by Crippen LogP contribution is 2.26. The SMILES string of the molecule is Cl.Fc1cc(Br)ccc1C1CCN1. The molecule has 0 radical (unpaired) electrons. The monoisotopic (exact) mass is 265 g/mol. The van der Waals surface area contributed by atoms with Gasteiger partial charge in [0, 0.05) is 16.1 Å². The molecule has 13 heavy (non-hydrogen) atoms. The Hall–Kier alpha value is -0.120. The van der Waals surface area contributed by atoms with Crippen molar-refractivity contribution in [2.75, 3.05) is 6.54 Å². The average molecular weight is 267 g/mol. The van der Waals surface area contributed by atoms with Crippen LogP contribution >= 0.6 is 28.3 Å². The van der Waals surface area contributed by atoms with E-state index in [-0.39, 0.29) is 24.3 Å². The van der Waals surface area contributed by atoms with E-state index in [2.05, 4.69) is 21.2 Å². The van der Waals surface area contributed by atoms with Gasteiger partial charge in [-0.3, -0.25) is 0 Å². The third kappa shape index (κ3) is 2.22. The van der Waals surface area contributed by atoms with Gasteiger partial charge in [-0.25, -0.2) is 4.39 Å². The van der Waals surface area contributed by atoms with Crippen molar-refractivity contribution in [2.24, 2.45) is 0 Å². The maximum absolute atomic E-state index is 13.3. The molecule has 0 saturated carbocycles. The van der Waals surface area contributed by atoms with E-state index in [9.17, 15) is 4.39 Å². The van der Waals surface area contributed by atoms with Crippen LogP contribution in [0.1, 0.15) is 18.0 Å². The van der Waals surface area contributed by atoms with Crippen molar-refractivity contribution in [1.29, 1.82) is 0 Å². The highest BCUT2D eigenvalue weighted by atomic mass is 79.9. The fourth-order valence-corrected chi connectivity index (χ4v) is 1.67. The number of halogens is 3.